The molecule has 1 aromatic heterocycles. The molecule has 0 aliphatic heterocycles. The summed E-state index contributed by atoms with van der Waals surface area (Å²) in [6.07, 6.45) is 3.56. The Labute approximate surface area is 97.7 Å². The maximum Gasteiger partial charge on any atom is 0.309 e. The second kappa shape index (κ2) is 5.73. The molecule has 0 bridgehead atoms. The van der Waals surface area contributed by atoms with Crippen LogP contribution in [0.25, 0.3) is 6.08 Å². The van der Waals surface area contributed by atoms with E-state index in [1.54, 1.807) is 24.3 Å². The quantitative estimate of drug-likeness (QED) is 0.608. The third-order valence-corrected chi connectivity index (χ3v) is 2.17. The van der Waals surface area contributed by atoms with Crippen LogP contribution in [0.15, 0.2) is 18.2 Å². The van der Waals surface area contributed by atoms with Gasteiger partial charge in [-0.15, -0.1) is 0 Å². The smallest absolute Gasteiger partial charge is 0.309 e. The first kappa shape index (κ1) is 12.0. The Morgan fingerprint density at radius 1 is 1.53 bits per heavy atom. The average Bonchev–Trinajstić information content (AvgIpc) is 2.21. The lowest BCUT2D eigenvalue weighted by atomic mass is 10.2. The molecular weight excluding hydrogens is 237 g/mol. The summed E-state index contributed by atoms with van der Waals surface area (Å²) in [6, 6.07) is 3.36. The van der Waals surface area contributed by atoms with Crippen molar-refractivity contribution in [2.75, 3.05) is 7.11 Å². The lowest BCUT2D eigenvalue weighted by Gasteiger charge is -1.97. The molecule has 0 spiro atoms. The van der Waals surface area contributed by atoms with Crippen molar-refractivity contribution < 1.29 is 9.53 Å². The Morgan fingerprint density at radius 3 is 2.87 bits per heavy atom. The first-order valence-corrected chi connectivity index (χ1v) is 4.94. The molecule has 0 atom stereocenters. The van der Waals surface area contributed by atoms with Crippen LogP contribution in [-0.4, -0.2) is 18.1 Å². The van der Waals surface area contributed by atoms with Crippen LogP contribution in [0.4, 0.5) is 0 Å². The predicted octanol–water partition coefficient (Wildman–Crippen LogP) is 2.96. The highest BCUT2D eigenvalue weighted by molar-refractivity contribution is 6.33. The standard InChI is InChI=1S/C10H9Cl2NO2/c1-15-9(14)4-2-3-7-5-6-8(11)13-10(7)12/h2-3,5-6H,4H2,1H3. The number of hydrogen-bond donors (Lipinski definition) is 0. The number of carbonyl (C=O) groups excluding carboxylic acids is 1. The number of hydrogen-bond acceptors (Lipinski definition) is 3. The molecule has 0 aliphatic rings. The summed E-state index contributed by atoms with van der Waals surface area (Å²) in [5, 5.41) is 0.647. The fourth-order valence-corrected chi connectivity index (χ4v) is 1.32. The van der Waals surface area contributed by atoms with Gasteiger partial charge in [0.15, 0.2) is 0 Å². The lowest BCUT2D eigenvalue weighted by Crippen LogP contribution is -1.96. The van der Waals surface area contributed by atoms with Crippen LogP contribution in [0.5, 0.6) is 0 Å². The Morgan fingerprint density at radius 2 is 2.27 bits per heavy atom. The molecule has 1 rings (SSSR count). The molecule has 0 aliphatic carbocycles. The number of methoxy groups -OCH3 is 1. The summed E-state index contributed by atoms with van der Waals surface area (Å²) in [5.74, 6) is -0.302. The van der Waals surface area contributed by atoms with E-state index in [0.29, 0.717) is 15.9 Å². The van der Waals surface area contributed by atoms with Gasteiger partial charge in [0, 0.05) is 5.56 Å². The molecule has 0 saturated carbocycles. The SMILES string of the molecule is COC(=O)CC=Cc1ccc(Cl)nc1Cl. The summed E-state index contributed by atoms with van der Waals surface area (Å²) >= 11 is 11.4. The van der Waals surface area contributed by atoms with Crippen LogP contribution in [-0.2, 0) is 9.53 Å². The first-order valence-electron chi connectivity index (χ1n) is 4.19. The van der Waals surface area contributed by atoms with E-state index in [1.165, 1.54) is 7.11 Å². The van der Waals surface area contributed by atoms with Gasteiger partial charge in [0.2, 0.25) is 0 Å². The van der Waals surface area contributed by atoms with Gasteiger partial charge in [0.1, 0.15) is 10.3 Å². The highest BCUT2D eigenvalue weighted by Gasteiger charge is 1.99. The normalized spacial score (nSPS) is 10.6. The van der Waals surface area contributed by atoms with Crippen molar-refractivity contribution in [1.82, 2.24) is 4.98 Å². The van der Waals surface area contributed by atoms with Crippen molar-refractivity contribution in [1.29, 1.82) is 0 Å². The van der Waals surface area contributed by atoms with Gasteiger partial charge < -0.3 is 4.74 Å². The Bertz CT molecular complexity index is 391. The summed E-state index contributed by atoms with van der Waals surface area (Å²) in [4.78, 5) is 14.7. The van der Waals surface area contributed by atoms with Gasteiger partial charge in [0.05, 0.1) is 13.5 Å². The topological polar surface area (TPSA) is 39.2 Å². The Hall–Kier alpha value is -1.06. The van der Waals surface area contributed by atoms with Crippen molar-refractivity contribution in [3.05, 3.63) is 34.1 Å². The minimum absolute atomic E-state index is 0.204. The number of aromatic nitrogens is 1. The van der Waals surface area contributed by atoms with Gasteiger partial charge in [-0.3, -0.25) is 4.79 Å². The number of ether oxygens (including phenoxy) is 1. The fraction of sp³-hybridized carbons (Fsp3) is 0.200. The molecule has 15 heavy (non-hydrogen) atoms. The summed E-state index contributed by atoms with van der Waals surface area (Å²) < 4.78 is 4.48. The van der Waals surface area contributed by atoms with E-state index in [-0.39, 0.29) is 12.4 Å². The predicted molar refractivity (Wildman–Crippen MR) is 59.9 cm³/mol. The van der Waals surface area contributed by atoms with E-state index < -0.39 is 0 Å². The average molecular weight is 246 g/mol. The maximum atomic E-state index is 10.8. The van der Waals surface area contributed by atoms with Crippen LogP contribution >= 0.6 is 23.2 Å². The number of carbonyl (C=O) groups is 1. The Balaban J connectivity index is 2.68. The van der Waals surface area contributed by atoms with E-state index in [4.69, 9.17) is 23.2 Å². The molecule has 0 saturated heterocycles. The number of pyridine rings is 1. The maximum absolute atomic E-state index is 10.8. The molecule has 0 unspecified atom stereocenters. The lowest BCUT2D eigenvalue weighted by molar-refractivity contribution is -0.139. The van der Waals surface area contributed by atoms with Crippen molar-refractivity contribution >= 4 is 35.2 Å². The van der Waals surface area contributed by atoms with Crippen molar-refractivity contribution in [3.63, 3.8) is 0 Å². The summed E-state index contributed by atoms with van der Waals surface area (Å²) in [6.45, 7) is 0. The number of rotatable bonds is 3. The molecular formula is C10H9Cl2NO2. The molecule has 0 N–H and O–H groups in total. The largest absolute Gasteiger partial charge is 0.469 e. The summed E-state index contributed by atoms with van der Waals surface area (Å²) in [5.41, 5.74) is 0.713. The molecule has 5 heteroatoms. The van der Waals surface area contributed by atoms with E-state index in [0.717, 1.165) is 0 Å². The van der Waals surface area contributed by atoms with Gasteiger partial charge in [-0.05, 0) is 12.1 Å². The molecule has 3 nitrogen and oxygen atoms in total. The summed E-state index contributed by atoms with van der Waals surface area (Å²) in [7, 11) is 1.34. The van der Waals surface area contributed by atoms with Crippen LogP contribution in [0.3, 0.4) is 0 Å². The van der Waals surface area contributed by atoms with E-state index in [9.17, 15) is 4.79 Å². The molecule has 80 valence electrons. The highest BCUT2D eigenvalue weighted by atomic mass is 35.5. The van der Waals surface area contributed by atoms with Crippen molar-refractivity contribution in [2.24, 2.45) is 0 Å². The third kappa shape index (κ3) is 3.90. The molecule has 0 radical (unpaired) electrons. The van der Waals surface area contributed by atoms with E-state index in [1.807, 2.05) is 0 Å². The Kier molecular flexibility index (Phi) is 4.59. The van der Waals surface area contributed by atoms with Crippen LogP contribution < -0.4 is 0 Å². The minimum Gasteiger partial charge on any atom is -0.469 e. The zero-order chi connectivity index (χ0) is 11.3. The monoisotopic (exact) mass is 245 g/mol. The molecule has 0 fully saturated rings. The van der Waals surface area contributed by atoms with Gasteiger partial charge in [-0.2, -0.15) is 0 Å². The van der Waals surface area contributed by atoms with Gasteiger partial charge >= 0.3 is 5.97 Å². The van der Waals surface area contributed by atoms with Gasteiger partial charge in [0.25, 0.3) is 0 Å². The van der Waals surface area contributed by atoms with E-state index in [2.05, 4.69) is 9.72 Å². The second-order valence-electron chi connectivity index (χ2n) is 2.70. The van der Waals surface area contributed by atoms with Gasteiger partial charge in [-0.25, -0.2) is 4.98 Å². The number of esters is 1. The van der Waals surface area contributed by atoms with E-state index >= 15 is 0 Å². The fourth-order valence-electron chi connectivity index (χ4n) is 0.913. The molecule has 0 aromatic carbocycles. The third-order valence-electron chi connectivity index (χ3n) is 1.65. The first-order chi connectivity index (χ1) is 7.13. The molecule has 1 aromatic rings. The van der Waals surface area contributed by atoms with Crippen LogP contribution in [0.1, 0.15) is 12.0 Å². The van der Waals surface area contributed by atoms with Crippen molar-refractivity contribution in [2.45, 2.75) is 6.42 Å². The van der Waals surface area contributed by atoms with Crippen LogP contribution in [0.2, 0.25) is 10.3 Å². The molecule has 0 amide bonds. The zero-order valence-electron chi connectivity index (χ0n) is 8.04. The number of nitrogens with zero attached hydrogens (tertiary/aromatic N) is 1. The molecule has 1 heterocycles. The highest BCUT2D eigenvalue weighted by Crippen LogP contribution is 2.17. The minimum atomic E-state index is -0.302. The van der Waals surface area contributed by atoms with Gasteiger partial charge in [-0.1, -0.05) is 35.4 Å². The van der Waals surface area contributed by atoms with Crippen LogP contribution in [0, 0.1) is 0 Å². The second-order valence-corrected chi connectivity index (χ2v) is 3.44. The number of halogens is 2. The van der Waals surface area contributed by atoms with Crippen molar-refractivity contribution in [3.8, 4) is 0 Å². The zero-order valence-corrected chi connectivity index (χ0v) is 9.55.